The van der Waals surface area contributed by atoms with Crippen molar-refractivity contribution in [1.29, 1.82) is 0 Å². The maximum Gasteiger partial charge on any atom is 0.348 e. The third-order valence-corrected chi connectivity index (χ3v) is 3.51. The molecule has 0 saturated heterocycles. The van der Waals surface area contributed by atoms with Gasteiger partial charge in [-0.25, -0.2) is 4.79 Å². The third kappa shape index (κ3) is 2.54. The summed E-state index contributed by atoms with van der Waals surface area (Å²) in [5.41, 5.74) is 0.777. The number of hydrogen-bond donors (Lipinski definition) is 0. The summed E-state index contributed by atoms with van der Waals surface area (Å²) < 4.78 is 17.6. The lowest BCUT2D eigenvalue weighted by molar-refractivity contribution is 0.0733. The molecule has 0 unspecified atom stereocenters. The number of carbonyl (C=O) groups is 1. The van der Waals surface area contributed by atoms with Gasteiger partial charge in [-0.15, -0.1) is 0 Å². The van der Waals surface area contributed by atoms with Gasteiger partial charge in [-0.05, 0) is 19.1 Å². The van der Waals surface area contributed by atoms with Crippen molar-refractivity contribution in [2.45, 2.75) is 6.92 Å². The van der Waals surface area contributed by atoms with E-state index < -0.39 is 5.97 Å². The average Bonchev–Trinajstić information content (AvgIpc) is 2.72. The van der Waals surface area contributed by atoms with E-state index >= 15 is 0 Å². The van der Waals surface area contributed by atoms with Gasteiger partial charge in [0.05, 0.1) is 5.69 Å². The third-order valence-electron chi connectivity index (χ3n) is 3.08. The Labute approximate surface area is 126 Å². The number of hydrogen-bond acceptors (Lipinski definition) is 5. The Morgan fingerprint density at radius 1 is 1.33 bits per heavy atom. The molecule has 2 heterocycles. The molecule has 0 fully saturated rings. The number of carbonyl (C=O) groups excluding carboxylic acids is 1. The molecule has 3 rings (SSSR count). The van der Waals surface area contributed by atoms with Crippen LogP contribution in [0.1, 0.15) is 16.1 Å². The molecular weight excluding hydrogens is 296 g/mol. The highest BCUT2D eigenvalue weighted by Crippen LogP contribution is 2.34. The molecule has 2 aromatic rings. The van der Waals surface area contributed by atoms with Crippen LogP contribution in [0.25, 0.3) is 0 Å². The number of ether oxygens (including phenoxy) is 3. The largest absolute Gasteiger partial charge is 0.486 e. The van der Waals surface area contributed by atoms with Crippen molar-refractivity contribution in [2.75, 3.05) is 13.2 Å². The number of benzene rings is 1. The molecule has 0 bridgehead atoms. The number of fused-ring (bicyclic) bond motifs is 1. The Balaban J connectivity index is 1.84. The molecule has 110 valence electrons. The monoisotopic (exact) mass is 308 g/mol. The Kier molecular flexibility index (Phi) is 3.47. The first kappa shape index (κ1) is 13.8. The predicted octanol–water partition coefficient (Wildman–Crippen LogP) is 2.37. The summed E-state index contributed by atoms with van der Waals surface area (Å²) in [7, 11) is 1.66. The highest BCUT2D eigenvalue weighted by molar-refractivity contribution is 6.32. The smallest absolute Gasteiger partial charge is 0.348 e. The van der Waals surface area contributed by atoms with Gasteiger partial charge < -0.3 is 14.2 Å². The van der Waals surface area contributed by atoms with Crippen LogP contribution in [0, 0.1) is 6.92 Å². The summed E-state index contributed by atoms with van der Waals surface area (Å²) >= 11 is 6.05. The Bertz CT molecular complexity index is 711. The van der Waals surface area contributed by atoms with Crippen LogP contribution in [-0.2, 0) is 7.05 Å². The molecule has 0 saturated carbocycles. The van der Waals surface area contributed by atoms with E-state index in [1.54, 1.807) is 32.2 Å². The second kappa shape index (κ2) is 5.29. The van der Waals surface area contributed by atoms with Crippen LogP contribution >= 0.6 is 11.6 Å². The average molecular weight is 309 g/mol. The van der Waals surface area contributed by atoms with E-state index in [0.717, 1.165) is 0 Å². The zero-order valence-corrected chi connectivity index (χ0v) is 12.3. The van der Waals surface area contributed by atoms with Crippen LogP contribution in [0.2, 0.25) is 5.15 Å². The van der Waals surface area contributed by atoms with E-state index in [4.69, 9.17) is 25.8 Å². The maximum absolute atomic E-state index is 12.2. The topological polar surface area (TPSA) is 62.6 Å². The van der Waals surface area contributed by atoms with Gasteiger partial charge in [0.1, 0.15) is 29.7 Å². The van der Waals surface area contributed by atoms with Crippen LogP contribution in [0.3, 0.4) is 0 Å². The highest BCUT2D eigenvalue weighted by Gasteiger charge is 2.22. The number of halogens is 1. The van der Waals surface area contributed by atoms with E-state index in [1.165, 1.54) is 4.68 Å². The van der Waals surface area contributed by atoms with Gasteiger partial charge in [0.15, 0.2) is 11.5 Å². The normalized spacial score (nSPS) is 13.1. The summed E-state index contributed by atoms with van der Waals surface area (Å²) in [5, 5.41) is 4.33. The fourth-order valence-electron chi connectivity index (χ4n) is 2.11. The van der Waals surface area contributed by atoms with Gasteiger partial charge in [-0.2, -0.15) is 5.10 Å². The zero-order valence-electron chi connectivity index (χ0n) is 11.6. The van der Waals surface area contributed by atoms with Gasteiger partial charge >= 0.3 is 5.97 Å². The minimum Gasteiger partial charge on any atom is -0.486 e. The van der Waals surface area contributed by atoms with E-state index in [0.29, 0.717) is 36.2 Å². The first-order chi connectivity index (χ1) is 10.1. The SMILES string of the molecule is Cc1nn(C)c(Cl)c1C(=O)Oc1ccc2c(c1)OCCO2. The van der Waals surface area contributed by atoms with Gasteiger partial charge in [0.2, 0.25) is 0 Å². The van der Waals surface area contributed by atoms with Crippen molar-refractivity contribution in [2.24, 2.45) is 7.05 Å². The van der Waals surface area contributed by atoms with Crippen LogP contribution < -0.4 is 14.2 Å². The van der Waals surface area contributed by atoms with Crippen LogP contribution in [0.15, 0.2) is 18.2 Å². The molecule has 0 amide bonds. The van der Waals surface area contributed by atoms with Crippen molar-refractivity contribution in [3.05, 3.63) is 34.6 Å². The summed E-state index contributed by atoms with van der Waals surface area (Å²) in [6, 6.07) is 4.96. The van der Waals surface area contributed by atoms with Gasteiger partial charge in [-0.3, -0.25) is 4.68 Å². The maximum atomic E-state index is 12.2. The summed E-state index contributed by atoms with van der Waals surface area (Å²) in [6.45, 7) is 2.68. The molecule has 0 aliphatic carbocycles. The molecule has 0 spiro atoms. The molecule has 1 aliphatic rings. The van der Waals surface area contributed by atoms with Crippen LogP contribution in [0.4, 0.5) is 0 Å². The van der Waals surface area contributed by atoms with Crippen molar-refractivity contribution >= 4 is 17.6 Å². The lowest BCUT2D eigenvalue weighted by Gasteiger charge is -2.18. The molecule has 1 aromatic heterocycles. The number of rotatable bonds is 2. The lowest BCUT2D eigenvalue weighted by atomic mass is 10.2. The van der Waals surface area contributed by atoms with Crippen LogP contribution in [-0.4, -0.2) is 29.0 Å². The molecule has 21 heavy (non-hydrogen) atoms. The van der Waals surface area contributed by atoms with Crippen molar-refractivity contribution in [1.82, 2.24) is 9.78 Å². The molecule has 0 atom stereocenters. The minimum atomic E-state index is -0.553. The fraction of sp³-hybridized carbons (Fsp3) is 0.286. The first-order valence-corrected chi connectivity index (χ1v) is 6.75. The molecule has 7 heteroatoms. The molecule has 6 nitrogen and oxygen atoms in total. The number of aromatic nitrogens is 2. The minimum absolute atomic E-state index is 0.245. The van der Waals surface area contributed by atoms with Crippen LogP contribution in [0.5, 0.6) is 17.2 Å². The number of esters is 1. The van der Waals surface area contributed by atoms with Gasteiger partial charge in [0.25, 0.3) is 0 Å². The van der Waals surface area contributed by atoms with Gasteiger partial charge in [0, 0.05) is 13.1 Å². The second-order valence-electron chi connectivity index (χ2n) is 4.57. The summed E-state index contributed by atoms with van der Waals surface area (Å²) in [4.78, 5) is 12.2. The second-order valence-corrected chi connectivity index (χ2v) is 4.93. The molecule has 0 N–H and O–H groups in total. The Morgan fingerprint density at radius 2 is 2.05 bits per heavy atom. The van der Waals surface area contributed by atoms with E-state index in [9.17, 15) is 4.79 Å². The zero-order chi connectivity index (χ0) is 15.0. The Hall–Kier alpha value is -2.21. The van der Waals surface area contributed by atoms with Crippen molar-refractivity contribution in [3.8, 4) is 17.2 Å². The number of nitrogens with zero attached hydrogens (tertiary/aromatic N) is 2. The van der Waals surface area contributed by atoms with E-state index in [2.05, 4.69) is 5.10 Å². The molecule has 1 aliphatic heterocycles. The fourth-order valence-corrected chi connectivity index (χ4v) is 2.36. The lowest BCUT2D eigenvalue weighted by Crippen LogP contribution is -2.15. The van der Waals surface area contributed by atoms with Crippen molar-refractivity contribution < 1.29 is 19.0 Å². The van der Waals surface area contributed by atoms with Gasteiger partial charge in [-0.1, -0.05) is 11.6 Å². The Morgan fingerprint density at radius 3 is 2.71 bits per heavy atom. The molecule has 1 aromatic carbocycles. The quantitative estimate of drug-likeness (QED) is 0.629. The first-order valence-electron chi connectivity index (χ1n) is 6.37. The van der Waals surface area contributed by atoms with E-state index in [1.807, 2.05) is 0 Å². The van der Waals surface area contributed by atoms with E-state index in [-0.39, 0.29) is 10.7 Å². The van der Waals surface area contributed by atoms with Crippen molar-refractivity contribution in [3.63, 3.8) is 0 Å². The number of aryl methyl sites for hydroxylation is 2. The predicted molar refractivity (Wildman–Crippen MR) is 75.3 cm³/mol. The summed E-state index contributed by atoms with van der Waals surface area (Å²) in [6.07, 6.45) is 0. The standard InChI is InChI=1S/C14H13ClN2O4/c1-8-12(13(15)17(2)16-8)14(18)21-9-3-4-10-11(7-9)20-6-5-19-10/h3-4,7H,5-6H2,1-2H3. The molecular formula is C14H13ClN2O4. The summed E-state index contributed by atoms with van der Waals surface area (Å²) in [5.74, 6) is 1.00. The highest BCUT2D eigenvalue weighted by atomic mass is 35.5. The molecule has 0 radical (unpaired) electrons.